The number of aromatic nitrogens is 2. The van der Waals surface area contributed by atoms with E-state index < -0.39 is 17.4 Å². The van der Waals surface area contributed by atoms with E-state index in [-0.39, 0.29) is 23.0 Å². The maximum atomic E-state index is 15.1. The smallest absolute Gasteiger partial charge is 0.449 e. The predicted molar refractivity (Wildman–Crippen MR) is 109 cm³/mol. The van der Waals surface area contributed by atoms with Crippen LogP contribution in [0.1, 0.15) is 25.3 Å². The van der Waals surface area contributed by atoms with Gasteiger partial charge in [0.05, 0.1) is 11.6 Å². The molecule has 2 aromatic rings. The molecule has 2 aromatic heterocycles. The quantitative estimate of drug-likeness (QED) is 0.586. The molecule has 3 unspecified atom stereocenters. The van der Waals surface area contributed by atoms with Gasteiger partial charge >= 0.3 is 6.16 Å². The van der Waals surface area contributed by atoms with Crippen molar-refractivity contribution in [2.45, 2.75) is 31.3 Å². The van der Waals surface area contributed by atoms with Crippen LogP contribution in [0.2, 0.25) is 0 Å². The number of fused-ring (bicyclic) bond motifs is 2. The molecule has 0 spiro atoms. The molecular formula is C21H23FN4O4. The van der Waals surface area contributed by atoms with Gasteiger partial charge in [0, 0.05) is 31.1 Å². The lowest BCUT2D eigenvalue weighted by Crippen LogP contribution is -2.39. The molecular weight excluding hydrogens is 391 g/mol. The maximum absolute atomic E-state index is 15.1. The van der Waals surface area contributed by atoms with Crippen molar-refractivity contribution in [3.63, 3.8) is 0 Å². The van der Waals surface area contributed by atoms with E-state index in [9.17, 15) is 9.59 Å². The highest BCUT2D eigenvalue weighted by Gasteiger charge is 2.39. The molecule has 9 heteroatoms. The van der Waals surface area contributed by atoms with E-state index in [2.05, 4.69) is 27.2 Å². The molecule has 1 saturated carbocycles. The Morgan fingerprint density at radius 3 is 2.87 bits per heavy atom. The molecule has 2 fully saturated rings. The van der Waals surface area contributed by atoms with E-state index in [1.807, 2.05) is 11.9 Å². The van der Waals surface area contributed by atoms with Crippen molar-refractivity contribution in [2.24, 2.45) is 11.8 Å². The number of nitrogens with zero attached hydrogens (tertiary/aromatic N) is 3. The molecule has 0 radical (unpaired) electrons. The van der Waals surface area contributed by atoms with Crippen LogP contribution in [0, 0.1) is 17.7 Å². The van der Waals surface area contributed by atoms with Gasteiger partial charge in [-0.15, -0.1) is 0 Å². The molecule has 0 aromatic carbocycles. The van der Waals surface area contributed by atoms with Gasteiger partial charge in [-0.25, -0.2) is 14.2 Å². The summed E-state index contributed by atoms with van der Waals surface area (Å²) in [4.78, 5) is 30.2. The number of rotatable bonds is 4. The molecule has 3 atom stereocenters. The van der Waals surface area contributed by atoms with Gasteiger partial charge in [-0.05, 0) is 38.3 Å². The average molecular weight is 414 g/mol. The Kier molecular flexibility index (Phi) is 4.50. The van der Waals surface area contributed by atoms with E-state index in [1.165, 1.54) is 12.3 Å². The molecule has 3 aliphatic rings. The topological polar surface area (TPSA) is 96.7 Å². The molecule has 0 bridgehead atoms. The summed E-state index contributed by atoms with van der Waals surface area (Å²) in [7, 11) is 1.95. The second-order valence-corrected chi connectivity index (χ2v) is 8.29. The fourth-order valence-corrected chi connectivity index (χ4v) is 4.80. The number of hydrogen-bond donors (Lipinski definition) is 2. The van der Waals surface area contributed by atoms with Gasteiger partial charge in [-0.3, -0.25) is 4.79 Å². The Balaban J connectivity index is 1.59. The Hall–Kier alpha value is -2.94. The van der Waals surface area contributed by atoms with Crippen LogP contribution >= 0.6 is 0 Å². The minimum atomic E-state index is -1.58. The highest BCUT2D eigenvalue weighted by molar-refractivity contribution is 5.80. The average Bonchev–Trinajstić information content (AvgIpc) is 3.47. The summed E-state index contributed by atoms with van der Waals surface area (Å²) in [5.74, 6) is 0.0166. The van der Waals surface area contributed by atoms with Crippen molar-refractivity contribution >= 4 is 23.0 Å². The molecule has 3 heterocycles. The molecule has 158 valence electrons. The lowest BCUT2D eigenvalue weighted by Gasteiger charge is -2.28. The first-order valence-corrected chi connectivity index (χ1v) is 10.2. The minimum absolute atomic E-state index is 0.0338. The van der Waals surface area contributed by atoms with Gasteiger partial charge in [0.15, 0.2) is 17.4 Å². The van der Waals surface area contributed by atoms with Crippen LogP contribution in [0.4, 0.5) is 15.0 Å². The fraction of sp³-hybridized carbons (Fsp3) is 0.476. The number of halogens is 1. The summed E-state index contributed by atoms with van der Waals surface area (Å²) in [6, 6.07) is 1.61. The summed E-state index contributed by atoms with van der Waals surface area (Å²) in [5, 5.41) is 12.3. The molecule has 1 aliphatic heterocycles. The van der Waals surface area contributed by atoms with Gasteiger partial charge in [-0.2, -0.15) is 0 Å². The maximum Gasteiger partial charge on any atom is 0.511 e. The lowest BCUT2D eigenvalue weighted by molar-refractivity contribution is 0.143. The van der Waals surface area contributed by atoms with Crippen LogP contribution in [0.5, 0.6) is 5.75 Å². The zero-order valence-corrected chi connectivity index (χ0v) is 16.5. The second-order valence-electron chi connectivity index (χ2n) is 8.29. The van der Waals surface area contributed by atoms with Crippen LogP contribution in [0.3, 0.4) is 0 Å². The highest BCUT2D eigenvalue weighted by atomic mass is 19.1. The van der Waals surface area contributed by atoms with E-state index in [1.54, 1.807) is 4.57 Å². The van der Waals surface area contributed by atoms with Gasteiger partial charge in [-0.1, -0.05) is 12.2 Å². The third-order valence-corrected chi connectivity index (χ3v) is 6.42. The molecule has 2 N–H and O–H groups in total. The number of carbonyl (C=O) groups is 1. The van der Waals surface area contributed by atoms with Crippen LogP contribution in [-0.4, -0.2) is 47.0 Å². The van der Waals surface area contributed by atoms with E-state index >= 15 is 4.39 Å². The van der Waals surface area contributed by atoms with Crippen LogP contribution in [-0.2, 0) is 0 Å². The Morgan fingerprint density at radius 2 is 2.17 bits per heavy atom. The first-order valence-electron chi connectivity index (χ1n) is 10.2. The Labute approximate surface area is 172 Å². The van der Waals surface area contributed by atoms with Crippen molar-refractivity contribution in [1.29, 1.82) is 0 Å². The van der Waals surface area contributed by atoms with Crippen LogP contribution < -0.4 is 20.4 Å². The van der Waals surface area contributed by atoms with Crippen molar-refractivity contribution in [3.05, 3.63) is 40.5 Å². The van der Waals surface area contributed by atoms with Gasteiger partial charge < -0.3 is 24.6 Å². The number of hydrogen-bond acceptors (Lipinski definition) is 6. The standard InChI is InChI=1S/C21H23FN4O4/c1-23-16-4-2-3-11-8-25(9-14(11)16)20-15(22)7-13-18(27)17(30-21(28)29)10-26(12-5-6-12)19(13)24-20/h2-3,7,10-12,14,16,23H,4-6,8-9H2,1H3,(H,28,29). The number of ether oxygens (including phenoxy) is 1. The third-order valence-electron chi connectivity index (χ3n) is 6.42. The van der Waals surface area contributed by atoms with Gasteiger partial charge in [0.2, 0.25) is 5.43 Å². The van der Waals surface area contributed by atoms with Gasteiger partial charge in [0.25, 0.3) is 0 Å². The summed E-state index contributed by atoms with van der Waals surface area (Å²) >= 11 is 0. The SMILES string of the molecule is CNC1CC=CC2CN(c3nc4c(cc3F)c(=O)c(OC(=O)O)cn4C3CC3)CC21. The van der Waals surface area contributed by atoms with Crippen molar-refractivity contribution in [3.8, 4) is 5.75 Å². The van der Waals surface area contributed by atoms with Crippen LogP contribution in [0.15, 0.2) is 29.2 Å². The number of pyridine rings is 2. The molecule has 0 amide bonds. The second kappa shape index (κ2) is 7.09. The Morgan fingerprint density at radius 1 is 1.37 bits per heavy atom. The molecule has 30 heavy (non-hydrogen) atoms. The summed E-state index contributed by atoms with van der Waals surface area (Å²) in [6.45, 7) is 1.35. The first kappa shape index (κ1) is 19.0. The van der Waals surface area contributed by atoms with E-state index in [0.717, 1.165) is 19.3 Å². The van der Waals surface area contributed by atoms with Crippen molar-refractivity contribution in [1.82, 2.24) is 14.9 Å². The molecule has 2 aliphatic carbocycles. The third kappa shape index (κ3) is 3.13. The molecule has 1 saturated heterocycles. The normalized spacial score (nSPS) is 25.5. The molecule has 8 nitrogen and oxygen atoms in total. The highest BCUT2D eigenvalue weighted by Crippen LogP contribution is 2.39. The fourth-order valence-electron chi connectivity index (χ4n) is 4.80. The number of anilines is 1. The predicted octanol–water partition coefficient (Wildman–Crippen LogP) is 2.53. The lowest BCUT2D eigenvalue weighted by atomic mass is 9.83. The first-order chi connectivity index (χ1) is 14.5. The van der Waals surface area contributed by atoms with Crippen molar-refractivity contribution < 1.29 is 19.0 Å². The summed E-state index contributed by atoms with van der Waals surface area (Å²) in [6.07, 6.45) is 6.91. The summed E-state index contributed by atoms with van der Waals surface area (Å²) < 4.78 is 21.5. The molecule has 5 rings (SSSR count). The summed E-state index contributed by atoms with van der Waals surface area (Å²) in [5.41, 5.74) is -0.303. The van der Waals surface area contributed by atoms with Crippen LogP contribution in [0.25, 0.3) is 11.0 Å². The largest absolute Gasteiger partial charge is 0.511 e. The minimum Gasteiger partial charge on any atom is -0.449 e. The van der Waals surface area contributed by atoms with Crippen molar-refractivity contribution in [2.75, 3.05) is 25.0 Å². The van der Waals surface area contributed by atoms with E-state index in [0.29, 0.717) is 36.6 Å². The van der Waals surface area contributed by atoms with E-state index in [4.69, 9.17) is 5.11 Å². The number of carboxylic acid groups (broad SMARTS) is 1. The van der Waals surface area contributed by atoms with Gasteiger partial charge in [0.1, 0.15) is 5.65 Å². The Bertz CT molecular complexity index is 1110. The monoisotopic (exact) mass is 414 g/mol. The zero-order valence-electron chi connectivity index (χ0n) is 16.5. The zero-order chi connectivity index (χ0) is 21.0. The number of nitrogens with one attached hydrogen (secondary N) is 1.